The number of hydrogen-bond acceptors (Lipinski definition) is 2. The summed E-state index contributed by atoms with van der Waals surface area (Å²) >= 11 is 0. The van der Waals surface area contributed by atoms with Crippen LogP contribution in [0.5, 0.6) is 0 Å². The highest BCUT2D eigenvalue weighted by Crippen LogP contribution is 2.40. The number of nitro groups is 1. The van der Waals surface area contributed by atoms with E-state index >= 15 is 0 Å². The summed E-state index contributed by atoms with van der Waals surface area (Å²) in [4.78, 5) is 10.4. The molecule has 0 fully saturated rings. The van der Waals surface area contributed by atoms with Crippen LogP contribution < -0.4 is 0 Å². The first-order valence-electron chi connectivity index (χ1n) is 7.03. The Kier molecular flexibility index (Phi) is 4.07. The van der Waals surface area contributed by atoms with Crippen molar-refractivity contribution >= 4 is 11.8 Å². The van der Waals surface area contributed by atoms with Gasteiger partial charge in [0, 0.05) is 12.1 Å². The fourth-order valence-corrected chi connectivity index (χ4v) is 2.93. The lowest BCUT2D eigenvalue weighted by atomic mass is 9.72. The van der Waals surface area contributed by atoms with Gasteiger partial charge in [-0.2, -0.15) is 0 Å². The molecule has 1 aliphatic carbocycles. The van der Waals surface area contributed by atoms with Crippen LogP contribution in [-0.4, -0.2) is 4.92 Å². The van der Waals surface area contributed by atoms with E-state index in [1.54, 1.807) is 12.1 Å². The molecule has 0 heterocycles. The number of benzene rings is 1. The van der Waals surface area contributed by atoms with Crippen molar-refractivity contribution in [2.45, 2.75) is 40.0 Å². The molecule has 3 heteroatoms. The lowest BCUT2D eigenvalue weighted by molar-refractivity contribution is -0.384. The quantitative estimate of drug-likeness (QED) is 0.564. The molecule has 0 unspecified atom stereocenters. The van der Waals surface area contributed by atoms with Crippen molar-refractivity contribution in [1.29, 1.82) is 0 Å². The Morgan fingerprint density at radius 2 is 2.05 bits per heavy atom. The van der Waals surface area contributed by atoms with Crippen LogP contribution in [0.3, 0.4) is 0 Å². The van der Waals surface area contributed by atoms with Crippen LogP contribution in [0.2, 0.25) is 0 Å². The highest BCUT2D eigenvalue weighted by Gasteiger charge is 2.26. The topological polar surface area (TPSA) is 43.1 Å². The molecule has 106 valence electrons. The van der Waals surface area contributed by atoms with Crippen molar-refractivity contribution in [2.24, 2.45) is 5.41 Å². The smallest absolute Gasteiger partial charge is 0.258 e. The predicted octanol–water partition coefficient (Wildman–Crippen LogP) is 5.13. The molecule has 0 spiro atoms. The zero-order chi connectivity index (χ0) is 14.8. The van der Waals surface area contributed by atoms with Gasteiger partial charge in [-0.1, -0.05) is 43.7 Å². The molecule has 0 radical (unpaired) electrons. The molecule has 0 atom stereocenters. The first-order valence-corrected chi connectivity index (χ1v) is 7.03. The fraction of sp³-hybridized carbons (Fsp3) is 0.412. The summed E-state index contributed by atoms with van der Waals surface area (Å²) in [6.45, 7) is 6.72. The number of hydrogen-bond donors (Lipinski definition) is 0. The van der Waals surface area contributed by atoms with E-state index in [9.17, 15) is 10.1 Å². The van der Waals surface area contributed by atoms with Crippen LogP contribution in [0.4, 0.5) is 5.69 Å². The van der Waals surface area contributed by atoms with Crippen LogP contribution in [0, 0.1) is 15.5 Å². The molecule has 1 aromatic carbocycles. The Morgan fingerprint density at radius 3 is 2.70 bits per heavy atom. The third-order valence-electron chi connectivity index (χ3n) is 4.07. The monoisotopic (exact) mass is 271 g/mol. The van der Waals surface area contributed by atoms with Gasteiger partial charge in [0.15, 0.2) is 0 Å². The van der Waals surface area contributed by atoms with E-state index < -0.39 is 0 Å². The zero-order valence-electron chi connectivity index (χ0n) is 12.3. The van der Waals surface area contributed by atoms with E-state index in [2.05, 4.69) is 26.8 Å². The SMILES string of the molecule is CC1=C(C=Cc2cccc([N+](=O)[O-])c2)C(C)(C)CCC1. The molecule has 0 amide bonds. The highest BCUT2D eigenvalue weighted by atomic mass is 16.6. The summed E-state index contributed by atoms with van der Waals surface area (Å²) in [6.07, 6.45) is 7.70. The molecular weight excluding hydrogens is 250 g/mol. The van der Waals surface area contributed by atoms with Gasteiger partial charge in [0.2, 0.25) is 0 Å². The van der Waals surface area contributed by atoms with Gasteiger partial charge >= 0.3 is 0 Å². The number of allylic oxidation sites excluding steroid dienone is 3. The Hall–Kier alpha value is -1.90. The minimum atomic E-state index is -0.355. The lowest BCUT2D eigenvalue weighted by Crippen LogP contribution is -2.18. The molecular formula is C17H21NO2. The van der Waals surface area contributed by atoms with Gasteiger partial charge in [-0.25, -0.2) is 0 Å². The van der Waals surface area contributed by atoms with Crippen LogP contribution in [0.1, 0.15) is 45.6 Å². The first-order chi connectivity index (χ1) is 9.40. The Morgan fingerprint density at radius 1 is 1.30 bits per heavy atom. The Balaban J connectivity index is 2.29. The van der Waals surface area contributed by atoms with Crippen molar-refractivity contribution in [2.75, 3.05) is 0 Å². The van der Waals surface area contributed by atoms with Gasteiger partial charge < -0.3 is 0 Å². The molecule has 0 N–H and O–H groups in total. The maximum absolute atomic E-state index is 10.8. The van der Waals surface area contributed by atoms with Crippen molar-refractivity contribution in [3.8, 4) is 0 Å². The van der Waals surface area contributed by atoms with E-state index in [1.807, 2.05) is 12.1 Å². The van der Waals surface area contributed by atoms with E-state index in [0.717, 1.165) is 12.0 Å². The van der Waals surface area contributed by atoms with Crippen molar-refractivity contribution in [3.63, 3.8) is 0 Å². The Bertz CT molecular complexity index is 582. The molecule has 0 aromatic heterocycles. The van der Waals surface area contributed by atoms with E-state index in [1.165, 1.54) is 30.1 Å². The van der Waals surface area contributed by atoms with Gasteiger partial charge in [-0.05, 0) is 42.7 Å². The van der Waals surface area contributed by atoms with E-state index in [-0.39, 0.29) is 16.0 Å². The van der Waals surface area contributed by atoms with Crippen LogP contribution >= 0.6 is 0 Å². The number of nitrogens with zero attached hydrogens (tertiary/aromatic N) is 1. The summed E-state index contributed by atoms with van der Waals surface area (Å²) < 4.78 is 0. The molecule has 0 saturated carbocycles. The summed E-state index contributed by atoms with van der Waals surface area (Å²) in [5.74, 6) is 0. The number of nitro benzene ring substituents is 1. The van der Waals surface area contributed by atoms with E-state index in [0.29, 0.717) is 0 Å². The van der Waals surface area contributed by atoms with Crippen LogP contribution in [-0.2, 0) is 0 Å². The van der Waals surface area contributed by atoms with Gasteiger partial charge in [0.1, 0.15) is 0 Å². The highest BCUT2D eigenvalue weighted by molar-refractivity contribution is 5.57. The van der Waals surface area contributed by atoms with Crippen molar-refractivity contribution in [1.82, 2.24) is 0 Å². The Labute approximate surface area is 120 Å². The van der Waals surface area contributed by atoms with Crippen LogP contribution in [0.25, 0.3) is 6.08 Å². The molecule has 0 bridgehead atoms. The number of rotatable bonds is 3. The molecule has 2 rings (SSSR count). The summed E-state index contributed by atoms with van der Waals surface area (Å²) in [5, 5.41) is 10.8. The third kappa shape index (κ3) is 3.16. The molecule has 1 aromatic rings. The molecule has 20 heavy (non-hydrogen) atoms. The molecule has 0 saturated heterocycles. The standard InChI is InChI=1S/C17H21NO2/c1-13-6-5-11-17(2,3)16(13)10-9-14-7-4-8-15(12-14)18(19)20/h4,7-10,12H,5-6,11H2,1-3H3. The molecule has 0 aliphatic heterocycles. The minimum Gasteiger partial charge on any atom is -0.258 e. The molecule has 1 aliphatic rings. The average Bonchev–Trinajstić information content (AvgIpc) is 2.37. The fourth-order valence-electron chi connectivity index (χ4n) is 2.93. The zero-order valence-corrected chi connectivity index (χ0v) is 12.3. The number of non-ortho nitro benzene ring substituents is 1. The summed E-state index contributed by atoms with van der Waals surface area (Å²) in [5.41, 5.74) is 4.01. The maximum Gasteiger partial charge on any atom is 0.270 e. The lowest BCUT2D eigenvalue weighted by Gasteiger charge is -2.32. The largest absolute Gasteiger partial charge is 0.270 e. The summed E-state index contributed by atoms with van der Waals surface area (Å²) in [6, 6.07) is 6.76. The van der Waals surface area contributed by atoms with Gasteiger partial charge in [0.05, 0.1) is 4.92 Å². The maximum atomic E-state index is 10.8. The van der Waals surface area contributed by atoms with Crippen molar-refractivity contribution in [3.05, 3.63) is 57.2 Å². The second-order valence-corrected chi connectivity index (χ2v) is 6.12. The second kappa shape index (κ2) is 5.61. The van der Waals surface area contributed by atoms with Crippen LogP contribution in [0.15, 0.2) is 41.5 Å². The van der Waals surface area contributed by atoms with Crippen molar-refractivity contribution < 1.29 is 4.92 Å². The van der Waals surface area contributed by atoms with Gasteiger partial charge in [-0.15, -0.1) is 0 Å². The first kappa shape index (κ1) is 14.5. The third-order valence-corrected chi connectivity index (χ3v) is 4.07. The summed E-state index contributed by atoms with van der Waals surface area (Å²) in [7, 11) is 0. The molecule has 3 nitrogen and oxygen atoms in total. The average molecular weight is 271 g/mol. The van der Waals surface area contributed by atoms with Gasteiger partial charge in [0.25, 0.3) is 5.69 Å². The second-order valence-electron chi connectivity index (χ2n) is 6.12. The predicted molar refractivity (Wildman–Crippen MR) is 82.5 cm³/mol. The minimum absolute atomic E-state index is 0.140. The van der Waals surface area contributed by atoms with E-state index in [4.69, 9.17) is 0 Å². The van der Waals surface area contributed by atoms with Gasteiger partial charge in [-0.3, -0.25) is 10.1 Å². The normalized spacial score (nSPS) is 18.6.